The fraction of sp³-hybridized carbons (Fsp3) is 0.571. The number of aryl methyl sites for hydroxylation is 2. The van der Waals surface area contributed by atoms with E-state index in [1.807, 2.05) is 0 Å². The number of hydrogen-bond acceptors (Lipinski definition) is 10. The summed E-state index contributed by atoms with van der Waals surface area (Å²) < 4.78 is 24.6. The van der Waals surface area contributed by atoms with Gasteiger partial charge in [-0.1, -0.05) is 0 Å². The Kier molecular flexibility index (Phi) is 11.2. The van der Waals surface area contributed by atoms with Crippen LogP contribution in [0.15, 0.2) is 12.4 Å². The van der Waals surface area contributed by atoms with Crippen LogP contribution in [0.1, 0.15) is 11.6 Å². The summed E-state index contributed by atoms with van der Waals surface area (Å²) >= 11 is 11.6. The third kappa shape index (κ3) is 7.47. The average Bonchev–Trinajstić information content (AvgIpc) is 3.23. The molecule has 2 heterocycles. The number of hydrogen-bond donors (Lipinski definition) is 0. The molecule has 14 nitrogen and oxygen atoms in total. The molecule has 32 heavy (non-hydrogen) atoms. The fourth-order valence-corrected chi connectivity index (χ4v) is 4.23. The van der Waals surface area contributed by atoms with Gasteiger partial charge in [-0.05, 0) is 9.85 Å². The molecule has 0 amide bonds. The fourth-order valence-electron chi connectivity index (χ4n) is 2.67. The molecule has 2 aromatic rings. The van der Waals surface area contributed by atoms with Gasteiger partial charge in [0, 0.05) is 13.8 Å². The predicted molar refractivity (Wildman–Crippen MR) is 106 cm³/mol. The van der Waals surface area contributed by atoms with Crippen molar-refractivity contribution >= 4 is 42.7 Å². The van der Waals surface area contributed by atoms with Crippen molar-refractivity contribution in [2.24, 2.45) is 0 Å². The van der Waals surface area contributed by atoms with Crippen molar-refractivity contribution in [1.29, 1.82) is 0 Å². The summed E-state index contributed by atoms with van der Waals surface area (Å²) in [7, 11) is -5.01. The zero-order valence-corrected chi connectivity index (χ0v) is 21.7. The normalized spacial score (nSPS) is 14.9. The van der Waals surface area contributed by atoms with Gasteiger partial charge in [0.1, 0.15) is 37.7 Å². The molecule has 2 rings (SSSR count). The van der Waals surface area contributed by atoms with Crippen molar-refractivity contribution < 1.29 is 57.9 Å². The van der Waals surface area contributed by atoms with E-state index in [2.05, 4.69) is 9.97 Å². The molecular formula is C14H18Cl2N6NaO8P. The standard InChI is InChI=1S/C14H19Cl2N6O8P.Na/c1-9-17-5-13(21(23)24)19(9)7-11(3-15)29-31(27,28)30-12(4-16)8-20-10(2)18-6-14(20)22(25)26;/h5-6,11-12H,3-4,7-8H2,1-2H3,(H,27,28);/q;+1/p-1/t11-,12+;. The molecule has 0 bridgehead atoms. The minimum atomic E-state index is -5.01. The van der Waals surface area contributed by atoms with Gasteiger partial charge in [0.2, 0.25) is 0 Å². The van der Waals surface area contributed by atoms with Gasteiger partial charge >= 0.3 is 41.2 Å². The Morgan fingerprint density at radius 1 is 0.969 bits per heavy atom. The van der Waals surface area contributed by atoms with Crippen molar-refractivity contribution in [2.75, 3.05) is 11.8 Å². The van der Waals surface area contributed by atoms with Crippen LogP contribution >= 0.6 is 31.0 Å². The molecule has 0 aliphatic heterocycles. The van der Waals surface area contributed by atoms with E-state index < -0.39 is 29.9 Å². The largest absolute Gasteiger partial charge is 1.00 e. The molecule has 0 saturated heterocycles. The van der Waals surface area contributed by atoms with E-state index in [1.54, 1.807) is 0 Å². The predicted octanol–water partition coefficient (Wildman–Crippen LogP) is -1.07. The molecule has 0 aliphatic carbocycles. The van der Waals surface area contributed by atoms with Gasteiger partial charge in [-0.25, -0.2) is 19.1 Å². The van der Waals surface area contributed by atoms with Gasteiger partial charge in [-0.3, -0.25) is 4.57 Å². The molecule has 2 aromatic heterocycles. The number of alkyl halides is 2. The van der Waals surface area contributed by atoms with Crippen molar-refractivity contribution in [3.05, 3.63) is 44.3 Å². The summed E-state index contributed by atoms with van der Waals surface area (Å²) in [6.45, 7) is 2.43. The Bertz CT molecular complexity index is 930. The van der Waals surface area contributed by atoms with E-state index in [9.17, 15) is 29.7 Å². The second-order valence-electron chi connectivity index (χ2n) is 6.27. The van der Waals surface area contributed by atoms with Crippen LogP contribution in [-0.4, -0.2) is 52.9 Å². The molecule has 0 aromatic carbocycles. The van der Waals surface area contributed by atoms with E-state index in [0.717, 1.165) is 21.5 Å². The first-order chi connectivity index (χ1) is 14.5. The molecule has 0 saturated carbocycles. The van der Waals surface area contributed by atoms with E-state index >= 15 is 0 Å². The van der Waals surface area contributed by atoms with Gasteiger partial charge in [-0.2, -0.15) is 0 Å². The Labute approximate surface area is 214 Å². The second kappa shape index (κ2) is 12.4. The molecule has 0 spiro atoms. The zero-order chi connectivity index (χ0) is 23.3. The number of nitro groups is 2. The van der Waals surface area contributed by atoms with E-state index in [0.29, 0.717) is 0 Å². The van der Waals surface area contributed by atoms with E-state index in [-0.39, 0.29) is 77.7 Å². The SMILES string of the molecule is Cc1ncc([N+](=O)[O-])n1C[C@@H](CCl)OP(=O)([O-])O[C@@H](CCl)Cn1c([N+](=O)[O-])cnc1C.[Na+]. The smallest absolute Gasteiger partial charge is 0.756 e. The molecular weight excluding hydrogens is 505 g/mol. The number of rotatable bonds is 12. The van der Waals surface area contributed by atoms with Gasteiger partial charge in [-0.15, -0.1) is 23.2 Å². The van der Waals surface area contributed by atoms with Crippen LogP contribution in [0.5, 0.6) is 0 Å². The number of phosphoric ester groups is 1. The minimum Gasteiger partial charge on any atom is -0.756 e. The van der Waals surface area contributed by atoms with Gasteiger partial charge < -0.3 is 34.2 Å². The summed E-state index contributed by atoms with van der Waals surface area (Å²) in [5.74, 6) is -0.870. The van der Waals surface area contributed by atoms with Crippen LogP contribution in [0, 0.1) is 34.1 Å². The zero-order valence-electron chi connectivity index (χ0n) is 17.3. The second-order valence-corrected chi connectivity index (χ2v) is 8.21. The molecule has 18 heteroatoms. The summed E-state index contributed by atoms with van der Waals surface area (Å²) in [6.07, 6.45) is -0.371. The average molecular weight is 523 g/mol. The van der Waals surface area contributed by atoms with E-state index in [4.69, 9.17) is 32.2 Å². The number of nitrogens with zero attached hydrogens (tertiary/aromatic N) is 6. The minimum absolute atomic E-state index is 0. The first-order valence-corrected chi connectivity index (χ1v) is 11.1. The van der Waals surface area contributed by atoms with Crippen molar-refractivity contribution in [1.82, 2.24) is 19.1 Å². The topological polar surface area (TPSA) is 181 Å². The van der Waals surface area contributed by atoms with Crippen molar-refractivity contribution in [3.8, 4) is 0 Å². The molecule has 0 N–H and O–H groups in total. The summed E-state index contributed by atoms with van der Waals surface area (Å²) in [6, 6.07) is 0. The maximum absolute atomic E-state index is 12.4. The van der Waals surface area contributed by atoms with Gasteiger partial charge in [0.15, 0.2) is 11.6 Å². The van der Waals surface area contributed by atoms with Crippen LogP contribution < -0.4 is 34.5 Å². The third-order valence-corrected chi connectivity index (χ3v) is 5.92. The van der Waals surface area contributed by atoms with Gasteiger partial charge in [0.05, 0.1) is 11.8 Å². The van der Waals surface area contributed by atoms with Gasteiger partial charge in [0.25, 0.3) is 7.82 Å². The summed E-state index contributed by atoms with van der Waals surface area (Å²) in [5.41, 5.74) is 0. The number of aromatic nitrogens is 4. The maximum atomic E-state index is 12.4. The van der Waals surface area contributed by atoms with Crippen LogP contribution in [0.2, 0.25) is 0 Å². The molecule has 172 valence electrons. The van der Waals surface area contributed by atoms with Crippen LogP contribution in [0.25, 0.3) is 0 Å². The first kappa shape index (κ1) is 28.9. The molecule has 0 radical (unpaired) electrons. The molecule has 3 atom stereocenters. The first-order valence-electron chi connectivity index (χ1n) is 8.61. The Morgan fingerprint density at radius 3 is 1.59 bits per heavy atom. The Balaban J connectivity index is 0.00000512. The van der Waals surface area contributed by atoms with Crippen molar-refractivity contribution in [2.45, 2.75) is 39.1 Å². The third-order valence-electron chi connectivity index (χ3n) is 4.12. The summed E-state index contributed by atoms with van der Waals surface area (Å²) in [5, 5.41) is 22.2. The Morgan fingerprint density at radius 2 is 1.31 bits per heavy atom. The van der Waals surface area contributed by atoms with Crippen LogP contribution in [0.4, 0.5) is 11.6 Å². The molecule has 0 fully saturated rings. The summed E-state index contributed by atoms with van der Waals surface area (Å²) in [4.78, 5) is 40.8. The number of halogens is 2. The number of phosphoric acid groups is 1. The Hall–Kier alpha value is -1.09. The quantitative estimate of drug-likeness (QED) is 0.109. The van der Waals surface area contributed by atoms with Crippen LogP contribution in [0.3, 0.4) is 0 Å². The van der Waals surface area contributed by atoms with Crippen LogP contribution in [-0.2, 0) is 26.7 Å². The molecule has 1 unspecified atom stereocenters. The molecule has 0 aliphatic rings. The van der Waals surface area contributed by atoms with E-state index in [1.165, 1.54) is 13.8 Å². The maximum Gasteiger partial charge on any atom is 1.00 e. The van der Waals surface area contributed by atoms with Crippen molar-refractivity contribution in [3.63, 3.8) is 0 Å². The number of imidazole rings is 2. The monoisotopic (exact) mass is 522 g/mol.